The molecule has 1 aromatic carbocycles. The molecule has 0 N–H and O–H groups in total. The predicted octanol–water partition coefficient (Wildman–Crippen LogP) is 3.00. The Bertz CT molecular complexity index is 787. The second-order valence-corrected chi connectivity index (χ2v) is 7.28. The summed E-state index contributed by atoms with van der Waals surface area (Å²) in [6, 6.07) is 4.18. The molecule has 0 radical (unpaired) electrons. The summed E-state index contributed by atoms with van der Waals surface area (Å²) in [5, 5.41) is 6.96. The van der Waals surface area contributed by atoms with E-state index in [2.05, 4.69) is 10.2 Å². The number of nitrogens with zero attached hydrogens (tertiary/aromatic N) is 3. The molecule has 20 heavy (non-hydrogen) atoms. The van der Waals surface area contributed by atoms with Crippen LogP contribution in [-0.4, -0.2) is 23.2 Å². The fraction of sp³-hybridized carbons (Fsp3) is 0.273. The zero-order valence-electron chi connectivity index (χ0n) is 9.92. The highest BCUT2D eigenvalue weighted by Gasteiger charge is 2.34. The standard InChI is InChI=1S/C11H8Cl2FN3O2S/c12-9-7(2-1-3-8(9)14)10-15-16-11(20(13,18)19)17(10)6-4-5-6/h1-3,6H,4-5H2. The van der Waals surface area contributed by atoms with Crippen LogP contribution in [0.4, 0.5) is 4.39 Å². The minimum absolute atomic E-state index is 0.0529. The van der Waals surface area contributed by atoms with Gasteiger partial charge in [-0.2, -0.15) is 0 Å². The molecule has 0 amide bonds. The highest BCUT2D eigenvalue weighted by atomic mass is 35.7. The number of rotatable bonds is 3. The molecule has 1 fully saturated rings. The molecule has 0 unspecified atom stereocenters. The van der Waals surface area contributed by atoms with Crippen LogP contribution in [0.3, 0.4) is 0 Å². The van der Waals surface area contributed by atoms with Crippen LogP contribution in [-0.2, 0) is 9.05 Å². The van der Waals surface area contributed by atoms with Crippen LogP contribution in [0.15, 0.2) is 23.4 Å². The Hall–Kier alpha value is -1.18. The van der Waals surface area contributed by atoms with E-state index in [0.717, 1.165) is 12.8 Å². The van der Waals surface area contributed by atoms with Crippen molar-refractivity contribution < 1.29 is 12.8 Å². The lowest BCUT2D eigenvalue weighted by atomic mass is 10.2. The summed E-state index contributed by atoms with van der Waals surface area (Å²) >= 11 is 5.91. The van der Waals surface area contributed by atoms with E-state index in [0.29, 0.717) is 0 Å². The van der Waals surface area contributed by atoms with Crippen molar-refractivity contribution >= 4 is 31.3 Å². The number of hydrogen-bond donors (Lipinski definition) is 0. The fourth-order valence-corrected chi connectivity index (χ4v) is 3.10. The molecule has 2 aromatic rings. The summed E-state index contributed by atoms with van der Waals surface area (Å²) in [5.41, 5.74) is 0.289. The lowest BCUT2D eigenvalue weighted by molar-refractivity contribution is 0.579. The van der Waals surface area contributed by atoms with Crippen molar-refractivity contribution in [1.29, 1.82) is 0 Å². The van der Waals surface area contributed by atoms with Crippen molar-refractivity contribution in [2.24, 2.45) is 0 Å². The molecule has 3 rings (SSSR count). The first-order valence-electron chi connectivity index (χ1n) is 5.73. The molecular formula is C11H8Cl2FN3O2S. The molecule has 0 atom stereocenters. The summed E-state index contributed by atoms with van der Waals surface area (Å²) in [4.78, 5) is 0. The number of benzene rings is 1. The summed E-state index contributed by atoms with van der Waals surface area (Å²) in [5.74, 6) is -0.402. The minimum atomic E-state index is -4.02. The molecule has 9 heteroatoms. The monoisotopic (exact) mass is 335 g/mol. The maximum Gasteiger partial charge on any atom is 0.296 e. The molecule has 0 bridgehead atoms. The van der Waals surface area contributed by atoms with Gasteiger partial charge < -0.3 is 0 Å². The van der Waals surface area contributed by atoms with Gasteiger partial charge in [0.15, 0.2) is 5.82 Å². The molecule has 0 aliphatic heterocycles. The van der Waals surface area contributed by atoms with Crippen LogP contribution < -0.4 is 0 Å². The van der Waals surface area contributed by atoms with Gasteiger partial charge in [0.25, 0.3) is 14.2 Å². The molecule has 0 spiro atoms. The fourth-order valence-electron chi connectivity index (χ4n) is 1.97. The first-order chi connectivity index (χ1) is 9.39. The third-order valence-electron chi connectivity index (χ3n) is 2.99. The molecule has 1 aliphatic carbocycles. The Morgan fingerprint density at radius 2 is 2.00 bits per heavy atom. The number of halogens is 3. The number of hydrogen-bond acceptors (Lipinski definition) is 4. The quantitative estimate of drug-likeness (QED) is 0.809. The van der Waals surface area contributed by atoms with Gasteiger partial charge in [-0.3, -0.25) is 4.57 Å². The minimum Gasteiger partial charge on any atom is -0.294 e. The summed E-state index contributed by atoms with van der Waals surface area (Å²) in [6.07, 6.45) is 1.58. The first kappa shape index (κ1) is 13.8. The van der Waals surface area contributed by atoms with E-state index < -0.39 is 14.9 Å². The van der Waals surface area contributed by atoms with E-state index in [1.807, 2.05) is 0 Å². The number of aromatic nitrogens is 3. The zero-order valence-corrected chi connectivity index (χ0v) is 12.3. The highest BCUT2D eigenvalue weighted by molar-refractivity contribution is 8.13. The van der Waals surface area contributed by atoms with Crippen molar-refractivity contribution in [3.8, 4) is 11.4 Å². The van der Waals surface area contributed by atoms with Gasteiger partial charge in [0.1, 0.15) is 5.82 Å². The largest absolute Gasteiger partial charge is 0.296 e. The van der Waals surface area contributed by atoms with E-state index in [1.165, 1.54) is 16.7 Å². The molecule has 1 aromatic heterocycles. The maximum absolute atomic E-state index is 13.5. The van der Waals surface area contributed by atoms with Crippen molar-refractivity contribution in [3.63, 3.8) is 0 Å². The van der Waals surface area contributed by atoms with Gasteiger partial charge in [-0.25, -0.2) is 12.8 Å². The smallest absolute Gasteiger partial charge is 0.294 e. The topological polar surface area (TPSA) is 64.8 Å². The van der Waals surface area contributed by atoms with Crippen LogP contribution in [0.25, 0.3) is 11.4 Å². The summed E-state index contributed by atoms with van der Waals surface area (Å²) in [6.45, 7) is 0. The normalized spacial score (nSPS) is 15.6. The average Bonchev–Trinajstić information content (AvgIpc) is 3.10. The first-order valence-corrected chi connectivity index (χ1v) is 8.42. The second-order valence-electron chi connectivity index (χ2n) is 4.45. The van der Waals surface area contributed by atoms with E-state index in [9.17, 15) is 12.8 Å². The Labute approximate surface area is 123 Å². The van der Waals surface area contributed by atoms with Gasteiger partial charge >= 0.3 is 0 Å². The van der Waals surface area contributed by atoms with Gasteiger partial charge in [0.05, 0.1) is 5.02 Å². The van der Waals surface area contributed by atoms with E-state index >= 15 is 0 Å². The van der Waals surface area contributed by atoms with Gasteiger partial charge in [-0.15, -0.1) is 10.2 Å². The third-order valence-corrected chi connectivity index (χ3v) is 4.50. The van der Waals surface area contributed by atoms with E-state index in [1.54, 1.807) is 6.07 Å². The van der Waals surface area contributed by atoms with Crippen LogP contribution in [0.5, 0.6) is 0 Å². The lowest BCUT2D eigenvalue weighted by Crippen LogP contribution is -2.06. The lowest BCUT2D eigenvalue weighted by Gasteiger charge is -2.08. The van der Waals surface area contributed by atoms with E-state index in [-0.39, 0.29) is 27.6 Å². The van der Waals surface area contributed by atoms with Gasteiger partial charge in [-0.05, 0) is 25.0 Å². The molecule has 0 saturated heterocycles. The Morgan fingerprint density at radius 1 is 1.30 bits per heavy atom. The zero-order chi connectivity index (χ0) is 14.5. The molecule has 1 aliphatic rings. The summed E-state index contributed by atoms with van der Waals surface area (Å²) in [7, 11) is 1.33. The Morgan fingerprint density at radius 3 is 2.60 bits per heavy atom. The van der Waals surface area contributed by atoms with Crippen molar-refractivity contribution in [1.82, 2.24) is 14.8 Å². The van der Waals surface area contributed by atoms with Crippen LogP contribution in [0.1, 0.15) is 18.9 Å². The predicted molar refractivity (Wildman–Crippen MR) is 71.7 cm³/mol. The van der Waals surface area contributed by atoms with Crippen molar-refractivity contribution in [2.45, 2.75) is 24.0 Å². The van der Waals surface area contributed by atoms with Crippen LogP contribution >= 0.6 is 22.3 Å². The highest BCUT2D eigenvalue weighted by Crippen LogP contribution is 2.41. The third kappa shape index (κ3) is 2.30. The summed E-state index contributed by atoms with van der Waals surface area (Å²) < 4.78 is 38.0. The van der Waals surface area contributed by atoms with Gasteiger partial charge in [0, 0.05) is 22.3 Å². The van der Waals surface area contributed by atoms with Crippen molar-refractivity contribution in [3.05, 3.63) is 29.0 Å². The molecule has 1 heterocycles. The maximum atomic E-state index is 13.5. The van der Waals surface area contributed by atoms with E-state index in [4.69, 9.17) is 22.3 Å². The second kappa shape index (κ2) is 4.68. The van der Waals surface area contributed by atoms with Crippen LogP contribution in [0.2, 0.25) is 5.02 Å². The Kier molecular flexibility index (Phi) is 3.23. The van der Waals surface area contributed by atoms with Crippen LogP contribution in [0, 0.1) is 5.82 Å². The van der Waals surface area contributed by atoms with Gasteiger partial charge in [-0.1, -0.05) is 17.7 Å². The molecule has 1 saturated carbocycles. The van der Waals surface area contributed by atoms with Crippen molar-refractivity contribution in [2.75, 3.05) is 0 Å². The molecular weight excluding hydrogens is 328 g/mol. The molecule has 106 valence electrons. The molecule has 5 nitrogen and oxygen atoms in total. The SMILES string of the molecule is O=S(=O)(Cl)c1nnc(-c2cccc(F)c2Cl)n1C1CC1. The average molecular weight is 336 g/mol. The Balaban J connectivity index is 2.25. The van der Waals surface area contributed by atoms with Gasteiger partial charge in [0.2, 0.25) is 0 Å².